The topological polar surface area (TPSA) is 6.48 Å². The first-order valence-corrected chi connectivity index (χ1v) is 25.3. The second kappa shape index (κ2) is 13.9. The Kier molecular flexibility index (Phi) is 9.46. The predicted molar refractivity (Wildman–Crippen MR) is 283 cm³/mol. The lowest BCUT2D eigenvalue weighted by Gasteiger charge is -2.47. The van der Waals surface area contributed by atoms with Crippen molar-refractivity contribution in [1.82, 2.24) is 0 Å². The predicted octanol–water partition coefficient (Wildman–Crippen LogP) is 15.7. The standard InChI is InChI=1S/C60H73BN2S/c1-35(2)37-29-49-52-50(30-37)63(47-23-20-39(28-36(47)3)56(7,8)9)48-33-44-43(58(12,13)25-26-59(44,14)15)32-46(48)61(52)54-53(62(49)40-21-18-38(19-22-40)55(4,5)6)41-31-42-45(34-51(41)64-54)60(16,17)27-24-57(42,10)11/h18-23,28-35H,24-27H2,1-17H3. The molecule has 0 bridgehead atoms. The van der Waals surface area contributed by atoms with E-state index in [4.69, 9.17) is 0 Å². The SMILES string of the molecule is Cc1cc(C(C)(C)C)ccc1N1c2cc3c(cc2B2c4sc5cc6c(cc5c4N(c4ccc(C(C)(C)C)cc4)c4cc(C(C)C)cc1c42)C(C)(C)CCC6(C)C)C(C)(C)CCC3(C)C. The summed E-state index contributed by atoms with van der Waals surface area (Å²) in [6, 6.07) is 32.7. The Hall–Kier alpha value is -4.28. The van der Waals surface area contributed by atoms with Crippen molar-refractivity contribution < 1.29 is 0 Å². The normalized spacial score (nSPS) is 19.0. The number of benzene rings is 5. The Morgan fingerprint density at radius 3 is 1.58 bits per heavy atom. The largest absolute Gasteiger partial charge is 0.311 e. The first-order valence-electron chi connectivity index (χ1n) is 24.5. The maximum absolute atomic E-state index is 2.71. The maximum Gasteiger partial charge on any atom is 0.264 e. The third-order valence-electron chi connectivity index (χ3n) is 16.6. The zero-order valence-corrected chi connectivity index (χ0v) is 43.1. The molecule has 0 radical (unpaired) electrons. The average molecular weight is 865 g/mol. The highest BCUT2D eigenvalue weighted by Gasteiger charge is 2.49. The number of hydrogen-bond donors (Lipinski definition) is 0. The molecule has 4 aliphatic rings. The first kappa shape index (κ1) is 43.6. The number of fused-ring (bicyclic) bond motifs is 8. The third-order valence-corrected chi connectivity index (χ3v) is 17.8. The summed E-state index contributed by atoms with van der Waals surface area (Å²) >= 11 is 2.07. The fourth-order valence-corrected chi connectivity index (χ4v) is 13.3. The summed E-state index contributed by atoms with van der Waals surface area (Å²) in [5.74, 6) is 0.344. The summed E-state index contributed by atoms with van der Waals surface area (Å²) in [5.41, 5.74) is 22.9. The van der Waals surface area contributed by atoms with Crippen LogP contribution in [-0.2, 0) is 32.5 Å². The highest BCUT2D eigenvalue weighted by atomic mass is 32.1. The van der Waals surface area contributed by atoms with Crippen molar-refractivity contribution in [2.24, 2.45) is 0 Å². The van der Waals surface area contributed by atoms with Gasteiger partial charge in [-0.3, -0.25) is 0 Å². The number of aryl methyl sites for hydroxylation is 1. The van der Waals surface area contributed by atoms with Crippen molar-refractivity contribution in [1.29, 1.82) is 0 Å². The van der Waals surface area contributed by atoms with Crippen LogP contribution in [0.5, 0.6) is 0 Å². The number of thiophene rings is 1. The van der Waals surface area contributed by atoms with Crippen LogP contribution in [0.15, 0.2) is 78.9 Å². The minimum Gasteiger partial charge on any atom is -0.311 e. The van der Waals surface area contributed by atoms with Crippen LogP contribution in [0, 0.1) is 6.92 Å². The maximum atomic E-state index is 2.71. The van der Waals surface area contributed by atoms with Gasteiger partial charge in [-0.25, -0.2) is 0 Å². The van der Waals surface area contributed by atoms with Crippen LogP contribution in [0.4, 0.5) is 34.1 Å². The van der Waals surface area contributed by atoms with Crippen molar-refractivity contribution in [2.75, 3.05) is 9.80 Å². The van der Waals surface area contributed by atoms with Crippen LogP contribution in [0.3, 0.4) is 0 Å². The molecule has 0 saturated carbocycles. The third kappa shape index (κ3) is 6.52. The van der Waals surface area contributed by atoms with Crippen LogP contribution in [0.1, 0.15) is 187 Å². The molecule has 4 heteroatoms. The van der Waals surface area contributed by atoms with E-state index < -0.39 is 0 Å². The summed E-state index contributed by atoms with van der Waals surface area (Å²) in [6.45, 7) is 41.1. The number of hydrogen-bond acceptors (Lipinski definition) is 3. The molecule has 332 valence electrons. The Labute approximate surface area is 391 Å². The molecule has 2 aliphatic heterocycles. The van der Waals surface area contributed by atoms with Crippen molar-refractivity contribution >= 4 is 78.0 Å². The van der Waals surface area contributed by atoms with E-state index in [0.29, 0.717) is 5.92 Å². The van der Waals surface area contributed by atoms with Gasteiger partial charge in [0, 0.05) is 43.3 Å². The van der Waals surface area contributed by atoms with Gasteiger partial charge in [-0.15, -0.1) is 11.3 Å². The molecular formula is C60H73BN2S. The molecule has 2 aliphatic carbocycles. The lowest BCUT2D eigenvalue weighted by atomic mass is 9.35. The highest BCUT2D eigenvalue weighted by Crippen LogP contribution is 2.55. The minimum atomic E-state index is 0.0594. The van der Waals surface area contributed by atoms with E-state index in [0.717, 1.165) is 0 Å². The summed E-state index contributed by atoms with van der Waals surface area (Å²) in [4.78, 5) is 5.42. The van der Waals surface area contributed by atoms with E-state index in [2.05, 4.69) is 218 Å². The quantitative estimate of drug-likeness (QED) is 0.163. The molecular weight excluding hydrogens is 792 g/mol. The van der Waals surface area contributed by atoms with Crippen molar-refractivity contribution in [3.63, 3.8) is 0 Å². The Bertz CT molecular complexity index is 2900. The molecule has 6 aromatic rings. The Balaban J connectivity index is 1.37. The van der Waals surface area contributed by atoms with Gasteiger partial charge in [0.05, 0.1) is 5.69 Å². The van der Waals surface area contributed by atoms with Crippen molar-refractivity contribution in [2.45, 2.75) is 182 Å². The first-order chi connectivity index (χ1) is 29.7. The molecule has 0 N–H and O–H groups in total. The second-order valence-electron chi connectivity index (χ2n) is 25.5. The number of anilines is 6. The van der Waals surface area contributed by atoms with Gasteiger partial charge < -0.3 is 9.80 Å². The van der Waals surface area contributed by atoms with E-state index >= 15 is 0 Å². The summed E-state index contributed by atoms with van der Waals surface area (Å²) < 4.78 is 2.90. The summed E-state index contributed by atoms with van der Waals surface area (Å²) in [5, 5.41) is 1.41. The molecule has 0 fully saturated rings. The molecule has 2 nitrogen and oxygen atoms in total. The van der Waals surface area contributed by atoms with Gasteiger partial charge in [-0.05, 0) is 175 Å². The van der Waals surface area contributed by atoms with Gasteiger partial charge in [0.1, 0.15) is 0 Å². The molecule has 64 heavy (non-hydrogen) atoms. The van der Waals surface area contributed by atoms with Crippen LogP contribution in [0.2, 0.25) is 0 Å². The minimum absolute atomic E-state index is 0.0594. The molecule has 10 rings (SSSR count). The summed E-state index contributed by atoms with van der Waals surface area (Å²) in [7, 11) is 0. The van der Waals surface area contributed by atoms with Crippen LogP contribution >= 0.6 is 11.3 Å². The van der Waals surface area contributed by atoms with E-state index in [-0.39, 0.29) is 39.2 Å². The molecule has 0 atom stereocenters. The van der Waals surface area contributed by atoms with Gasteiger partial charge in [0.15, 0.2) is 0 Å². The van der Waals surface area contributed by atoms with Crippen molar-refractivity contribution in [3.8, 4) is 0 Å². The van der Waals surface area contributed by atoms with Gasteiger partial charge in [0.2, 0.25) is 0 Å². The van der Waals surface area contributed by atoms with E-state index in [1.165, 1.54) is 125 Å². The second-order valence-corrected chi connectivity index (χ2v) is 26.6. The van der Waals surface area contributed by atoms with E-state index in [1.54, 1.807) is 5.56 Å². The average Bonchev–Trinajstić information content (AvgIpc) is 3.58. The monoisotopic (exact) mass is 865 g/mol. The van der Waals surface area contributed by atoms with Crippen LogP contribution in [-0.4, -0.2) is 6.71 Å². The number of rotatable bonds is 3. The molecule has 1 aromatic heterocycles. The Morgan fingerprint density at radius 1 is 0.547 bits per heavy atom. The van der Waals surface area contributed by atoms with E-state index in [9.17, 15) is 0 Å². The zero-order valence-electron chi connectivity index (χ0n) is 42.3. The van der Waals surface area contributed by atoms with Gasteiger partial charge in [-0.2, -0.15) is 0 Å². The van der Waals surface area contributed by atoms with Crippen molar-refractivity contribution in [3.05, 3.63) is 123 Å². The Morgan fingerprint density at radius 2 is 1.05 bits per heavy atom. The smallest absolute Gasteiger partial charge is 0.264 e. The molecule has 5 aromatic carbocycles. The van der Waals surface area contributed by atoms with Crippen LogP contribution in [0.25, 0.3) is 10.1 Å². The molecule has 3 heterocycles. The number of nitrogens with zero attached hydrogens (tertiary/aromatic N) is 2. The highest BCUT2D eigenvalue weighted by molar-refractivity contribution is 7.33. The van der Waals surface area contributed by atoms with E-state index in [1.807, 2.05) is 0 Å². The fourth-order valence-electron chi connectivity index (χ4n) is 12.0. The molecule has 0 amide bonds. The zero-order chi connectivity index (χ0) is 46.0. The lowest BCUT2D eigenvalue weighted by molar-refractivity contribution is 0.332. The molecule has 0 spiro atoms. The van der Waals surface area contributed by atoms with Gasteiger partial charge in [0.25, 0.3) is 6.71 Å². The molecule has 0 unspecified atom stereocenters. The van der Waals surface area contributed by atoms with Gasteiger partial charge >= 0.3 is 0 Å². The molecule has 0 saturated heterocycles. The summed E-state index contributed by atoms with van der Waals surface area (Å²) in [6.07, 6.45) is 4.79. The lowest BCUT2D eigenvalue weighted by Crippen LogP contribution is -2.61. The van der Waals surface area contributed by atoms with Crippen LogP contribution < -0.4 is 25.5 Å². The van der Waals surface area contributed by atoms with Gasteiger partial charge in [-0.1, -0.05) is 141 Å². The fraction of sp³-hybridized carbons (Fsp3) is 0.467.